The zero-order valence-electron chi connectivity index (χ0n) is 10.7. The molecule has 2 heterocycles. The molecule has 1 amide bonds. The van der Waals surface area contributed by atoms with Gasteiger partial charge in [0.05, 0.1) is 23.8 Å². The van der Waals surface area contributed by atoms with Crippen molar-refractivity contribution in [1.82, 2.24) is 5.32 Å². The third kappa shape index (κ3) is 4.50. The zero-order chi connectivity index (χ0) is 13.9. The Hall–Kier alpha value is -0.530. The molecule has 1 aromatic heterocycles. The Kier molecular flexibility index (Phi) is 4.92. The number of hydrogen-bond donors (Lipinski definition) is 1. The molecule has 1 aliphatic heterocycles. The van der Waals surface area contributed by atoms with Crippen molar-refractivity contribution >= 4 is 38.8 Å². The zero-order valence-corrected chi connectivity index (χ0v) is 13.2. The number of nitrogens with one attached hydrogen (secondary N) is 1. The summed E-state index contributed by atoms with van der Waals surface area (Å²) in [6.07, 6.45) is 0.671. The summed E-state index contributed by atoms with van der Waals surface area (Å²) in [6, 6.07) is 2.03. The molecule has 1 aliphatic rings. The number of sulfone groups is 1. The predicted molar refractivity (Wildman–Crippen MR) is 80.4 cm³/mol. The second-order valence-electron chi connectivity index (χ2n) is 4.64. The lowest BCUT2D eigenvalue weighted by Crippen LogP contribution is -2.25. The summed E-state index contributed by atoms with van der Waals surface area (Å²) in [5.41, 5.74) is 1.19. The van der Waals surface area contributed by atoms with Gasteiger partial charge in [-0.05, 0) is 30.4 Å². The highest BCUT2D eigenvalue weighted by atomic mass is 32.2. The van der Waals surface area contributed by atoms with Gasteiger partial charge < -0.3 is 5.32 Å². The molecule has 4 nitrogen and oxygen atoms in total. The molecule has 2 rings (SSSR count). The van der Waals surface area contributed by atoms with Crippen molar-refractivity contribution in [3.05, 3.63) is 21.9 Å². The Balaban J connectivity index is 1.69. The number of carbonyl (C=O) groups excluding carboxylic acids is 1. The topological polar surface area (TPSA) is 63.2 Å². The lowest BCUT2D eigenvalue weighted by atomic mass is 10.3. The van der Waals surface area contributed by atoms with Gasteiger partial charge in [0, 0.05) is 10.1 Å². The van der Waals surface area contributed by atoms with Crippen LogP contribution in [0, 0.1) is 6.92 Å². The molecule has 1 N–H and O–H groups in total. The predicted octanol–water partition coefficient (Wildman–Crippen LogP) is 1.59. The molecule has 7 heteroatoms. The Morgan fingerprint density at radius 3 is 2.95 bits per heavy atom. The Morgan fingerprint density at radius 1 is 1.58 bits per heavy atom. The van der Waals surface area contributed by atoms with Gasteiger partial charge in [0.2, 0.25) is 5.91 Å². The molecular formula is C12H17NO3S3. The van der Waals surface area contributed by atoms with Crippen molar-refractivity contribution in [3.63, 3.8) is 0 Å². The Morgan fingerprint density at radius 2 is 2.37 bits per heavy atom. The molecule has 0 aromatic carbocycles. The first-order valence-corrected chi connectivity index (χ1v) is 9.83. The van der Waals surface area contributed by atoms with Gasteiger partial charge in [-0.1, -0.05) is 0 Å². The fraction of sp³-hybridized carbons (Fsp3) is 0.583. The first-order chi connectivity index (χ1) is 8.96. The van der Waals surface area contributed by atoms with Gasteiger partial charge in [0.1, 0.15) is 0 Å². The number of aryl methyl sites for hydroxylation is 1. The van der Waals surface area contributed by atoms with Crippen molar-refractivity contribution < 1.29 is 13.2 Å². The van der Waals surface area contributed by atoms with E-state index in [1.165, 1.54) is 22.2 Å². The summed E-state index contributed by atoms with van der Waals surface area (Å²) in [5.74, 6) is 0.794. The lowest BCUT2D eigenvalue weighted by Gasteiger charge is -2.08. The van der Waals surface area contributed by atoms with E-state index in [4.69, 9.17) is 0 Å². The van der Waals surface area contributed by atoms with E-state index in [0.717, 1.165) is 0 Å². The number of rotatable bonds is 5. The second kappa shape index (κ2) is 6.28. The van der Waals surface area contributed by atoms with Crippen LogP contribution in [0.25, 0.3) is 0 Å². The molecule has 0 bridgehead atoms. The fourth-order valence-corrected chi connectivity index (χ4v) is 6.22. The van der Waals surface area contributed by atoms with Crippen LogP contribution in [-0.2, 0) is 21.2 Å². The van der Waals surface area contributed by atoms with E-state index < -0.39 is 9.84 Å². The van der Waals surface area contributed by atoms with E-state index in [-0.39, 0.29) is 22.7 Å². The van der Waals surface area contributed by atoms with E-state index in [1.54, 1.807) is 11.3 Å². The van der Waals surface area contributed by atoms with Crippen LogP contribution in [0.3, 0.4) is 0 Å². The number of thioether (sulfide) groups is 1. The quantitative estimate of drug-likeness (QED) is 0.895. The highest BCUT2D eigenvalue weighted by molar-refractivity contribution is 8.02. The smallest absolute Gasteiger partial charge is 0.230 e. The summed E-state index contributed by atoms with van der Waals surface area (Å²) in [5, 5.41) is 4.96. The van der Waals surface area contributed by atoms with Crippen LogP contribution in [0.1, 0.15) is 16.9 Å². The van der Waals surface area contributed by atoms with Crippen LogP contribution in [-0.4, -0.2) is 36.8 Å². The monoisotopic (exact) mass is 319 g/mol. The van der Waals surface area contributed by atoms with Gasteiger partial charge >= 0.3 is 0 Å². The first-order valence-electron chi connectivity index (χ1n) is 6.08. The van der Waals surface area contributed by atoms with Gasteiger partial charge in [-0.2, -0.15) is 0 Å². The van der Waals surface area contributed by atoms with Crippen LogP contribution in [0.15, 0.2) is 11.4 Å². The van der Waals surface area contributed by atoms with Crippen LogP contribution < -0.4 is 5.32 Å². The van der Waals surface area contributed by atoms with Crippen molar-refractivity contribution in [2.45, 2.75) is 25.1 Å². The van der Waals surface area contributed by atoms with E-state index >= 15 is 0 Å². The lowest BCUT2D eigenvalue weighted by molar-refractivity contribution is -0.118. The van der Waals surface area contributed by atoms with Crippen molar-refractivity contribution in [3.8, 4) is 0 Å². The maximum atomic E-state index is 11.7. The Bertz CT molecular complexity index is 550. The fourth-order valence-electron chi connectivity index (χ4n) is 1.90. The average Bonchev–Trinajstić information content (AvgIpc) is 2.90. The number of amides is 1. The average molecular weight is 319 g/mol. The summed E-state index contributed by atoms with van der Waals surface area (Å²) in [6.45, 7) is 2.59. The van der Waals surface area contributed by atoms with Gasteiger partial charge in [-0.15, -0.1) is 23.1 Å². The van der Waals surface area contributed by atoms with E-state index in [9.17, 15) is 13.2 Å². The molecule has 0 spiro atoms. The number of thiophene rings is 1. The second-order valence-corrected chi connectivity index (χ2v) is 9.16. The molecule has 0 aliphatic carbocycles. The molecular weight excluding hydrogens is 302 g/mol. The van der Waals surface area contributed by atoms with Gasteiger partial charge in [0.25, 0.3) is 0 Å². The third-order valence-electron chi connectivity index (χ3n) is 3.06. The van der Waals surface area contributed by atoms with Gasteiger partial charge in [0.15, 0.2) is 9.84 Å². The van der Waals surface area contributed by atoms with Gasteiger partial charge in [-0.25, -0.2) is 8.42 Å². The normalized spacial score (nSPS) is 21.4. The largest absolute Gasteiger partial charge is 0.350 e. The molecule has 1 atom stereocenters. The minimum Gasteiger partial charge on any atom is -0.350 e. The molecule has 1 fully saturated rings. The van der Waals surface area contributed by atoms with Crippen LogP contribution in [0.2, 0.25) is 0 Å². The number of carbonyl (C=O) groups is 1. The molecule has 1 unspecified atom stereocenters. The summed E-state index contributed by atoms with van der Waals surface area (Å²) in [4.78, 5) is 12.9. The van der Waals surface area contributed by atoms with Crippen molar-refractivity contribution in [2.24, 2.45) is 0 Å². The van der Waals surface area contributed by atoms with E-state index in [0.29, 0.717) is 18.7 Å². The molecule has 106 valence electrons. The van der Waals surface area contributed by atoms with Gasteiger partial charge in [-0.3, -0.25) is 4.79 Å². The maximum absolute atomic E-state index is 11.7. The van der Waals surface area contributed by atoms with Crippen LogP contribution in [0.4, 0.5) is 0 Å². The van der Waals surface area contributed by atoms with Crippen LogP contribution >= 0.6 is 23.1 Å². The minimum atomic E-state index is -2.85. The maximum Gasteiger partial charge on any atom is 0.230 e. The molecule has 0 radical (unpaired) electrons. The third-order valence-corrected chi connectivity index (χ3v) is 7.36. The van der Waals surface area contributed by atoms with E-state index in [2.05, 4.69) is 5.32 Å². The summed E-state index contributed by atoms with van der Waals surface area (Å²) >= 11 is 3.08. The molecule has 1 saturated heterocycles. The highest BCUT2D eigenvalue weighted by Gasteiger charge is 2.28. The Labute approximate surface area is 121 Å². The van der Waals surface area contributed by atoms with Crippen molar-refractivity contribution in [2.75, 3.05) is 17.3 Å². The molecule has 0 saturated carbocycles. The SMILES string of the molecule is Cc1ccsc1CNC(=O)CSC1CCS(=O)(=O)C1. The molecule has 1 aromatic rings. The summed E-state index contributed by atoms with van der Waals surface area (Å²) in [7, 11) is -2.85. The first kappa shape index (κ1) is 14.9. The van der Waals surface area contributed by atoms with Crippen LogP contribution in [0.5, 0.6) is 0 Å². The minimum absolute atomic E-state index is 0.0258. The summed E-state index contributed by atoms with van der Waals surface area (Å²) < 4.78 is 22.6. The highest BCUT2D eigenvalue weighted by Crippen LogP contribution is 2.24. The number of hydrogen-bond acceptors (Lipinski definition) is 5. The molecule has 19 heavy (non-hydrogen) atoms. The standard InChI is InChI=1S/C12H17NO3S3/c1-9-2-4-17-11(9)6-13-12(14)7-18-10-3-5-19(15,16)8-10/h2,4,10H,3,5-8H2,1H3,(H,13,14). The van der Waals surface area contributed by atoms with Crippen molar-refractivity contribution in [1.29, 1.82) is 0 Å². The van der Waals surface area contributed by atoms with E-state index in [1.807, 2.05) is 18.4 Å².